The summed E-state index contributed by atoms with van der Waals surface area (Å²) in [7, 11) is 1.62. The summed E-state index contributed by atoms with van der Waals surface area (Å²) in [5.41, 5.74) is 3.54. The molecule has 2 heterocycles. The lowest BCUT2D eigenvalue weighted by atomic mass is 10.1. The monoisotopic (exact) mass is 430 g/mol. The van der Waals surface area contributed by atoms with E-state index in [1.807, 2.05) is 87.6 Å². The maximum absolute atomic E-state index is 12.9. The molecule has 0 fully saturated rings. The Morgan fingerprint density at radius 1 is 0.969 bits per heavy atom. The number of hydrogen-bond donors (Lipinski definition) is 0. The summed E-state index contributed by atoms with van der Waals surface area (Å²) < 4.78 is 14.2. The van der Waals surface area contributed by atoms with E-state index in [2.05, 4.69) is 10.3 Å². The molecule has 7 heteroatoms. The number of aromatic nitrogens is 4. The van der Waals surface area contributed by atoms with Crippen LogP contribution in [0.15, 0.2) is 73.1 Å². The van der Waals surface area contributed by atoms with Crippen molar-refractivity contribution in [3.8, 4) is 28.3 Å². The van der Waals surface area contributed by atoms with Crippen LogP contribution in [-0.2, 0) is 11.3 Å². The van der Waals surface area contributed by atoms with Gasteiger partial charge in [-0.05, 0) is 62.2 Å². The molecule has 32 heavy (non-hydrogen) atoms. The Labute approximate surface area is 187 Å². The first-order chi connectivity index (χ1) is 15.3. The highest BCUT2D eigenvalue weighted by atomic mass is 16.6. The summed E-state index contributed by atoms with van der Waals surface area (Å²) in [5.74, 6) is 0.744. The van der Waals surface area contributed by atoms with Crippen LogP contribution in [0.25, 0.3) is 22.5 Å². The molecule has 0 aliphatic rings. The zero-order valence-electron chi connectivity index (χ0n) is 18.6. The first-order valence-corrected chi connectivity index (χ1v) is 10.4. The predicted octanol–water partition coefficient (Wildman–Crippen LogP) is 5.25. The average molecular weight is 431 g/mol. The number of ether oxygens (including phenoxy) is 2. The number of carbonyl (C=O) groups is 1. The minimum atomic E-state index is -0.614. The standard InChI is InChI=1S/C25H26N4O3/c1-25(2,3)32-24(30)29-16-20(14-23(29)19-10-12-21(31-4)13-11-19)22-17-28(27-26-22)15-18-8-6-5-7-9-18/h5-14,16-17H,15H2,1-4H3. The Balaban J connectivity index is 1.69. The smallest absolute Gasteiger partial charge is 0.419 e. The van der Waals surface area contributed by atoms with E-state index in [1.54, 1.807) is 18.0 Å². The van der Waals surface area contributed by atoms with Gasteiger partial charge in [0.05, 0.1) is 25.5 Å². The number of benzene rings is 2. The largest absolute Gasteiger partial charge is 0.497 e. The molecule has 2 aromatic carbocycles. The van der Waals surface area contributed by atoms with E-state index in [-0.39, 0.29) is 0 Å². The van der Waals surface area contributed by atoms with Gasteiger partial charge in [-0.25, -0.2) is 9.48 Å². The quantitative estimate of drug-likeness (QED) is 0.432. The summed E-state index contributed by atoms with van der Waals surface area (Å²) in [6.45, 7) is 6.15. The highest BCUT2D eigenvalue weighted by Gasteiger charge is 2.22. The van der Waals surface area contributed by atoms with Crippen LogP contribution >= 0.6 is 0 Å². The lowest BCUT2D eigenvalue weighted by molar-refractivity contribution is 0.0540. The zero-order valence-corrected chi connectivity index (χ0v) is 18.6. The Hall–Kier alpha value is -3.87. The number of nitrogens with zero attached hydrogens (tertiary/aromatic N) is 4. The van der Waals surface area contributed by atoms with E-state index in [9.17, 15) is 4.79 Å². The lowest BCUT2D eigenvalue weighted by Crippen LogP contribution is -2.27. The average Bonchev–Trinajstić information content (AvgIpc) is 3.41. The van der Waals surface area contributed by atoms with Crippen molar-refractivity contribution >= 4 is 6.09 Å². The van der Waals surface area contributed by atoms with E-state index < -0.39 is 11.7 Å². The van der Waals surface area contributed by atoms with E-state index in [0.29, 0.717) is 17.9 Å². The molecule has 0 atom stereocenters. The Bertz CT molecular complexity index is 1200. The fourth-order valence-electron chi connectivity index (χ4n) is 3.33. The van der Waals surface area contributed by atoms with Gasteiger partial charge in [0, 0.05) is 11.8 Å². The highest BCUT2D eigenvalue weighted by Crippen LogP contribution is 2.30. The molecule has 4 aromatic rings. The topological polar surface area (TPSA) is 71.2 Å². The zero-order chi connectivity index (χ0) is 22.7. The molecule has 0 N–H and O–H groups in total. The van der Waals surface area contributed by atoms with Gasteiger partial charge in [-0.1, -0.05) is 35.5 Å². The van der Waals surface area contributed by atoms with Crippen molar-refractivity contribution in [2.75, 3.05) is 7.11 Å². The van der Waals surface area contributed by atoms with Gasteiger partial charge in [-0.2, -0.15) is 0 Å². The molecule has 164 valence electrons. The summed E-state index contributed by atoms with van der Waals surface area (Å²) in [4.78, 5) is 12.9. The van der Waals surface area contributed by atoms with Crippen molar-refractivity contribution in [3.63, 3.8) is 0 Å². The van der Waals surface area contributed by atoms with Gasteiger partial charge in [-0.3, -0.25) is 4.57 Å². The Morgan fingerprint density at radius 3 is 2.34 bits per heavy atom. The molecule has 7 nitrogen and oxygen atoms in total. The fourth-order valence-corrected chi connectivity index (χ4v) is 3.33. The first-order valence-electron chi connectivity index (χ1n) is 10.4. The second-order valence-corrected chi connectivity index (χ2v) is 8.48. The van der Waals surface area contributed by atoms with Crippen molar-refractivity contribution in [2.24, 2.45) is 0 Å². The molecule has 0 aliphatic carbocycles. The van der Waals surface area contributed by atoms with Crippen LogP contribution in [0.1, 0.15) is 26.3 Å². The maximum atomic E-state index is 12.9. The van der Waals surface area contributed by atoms with Crippen molar-refractivity contribution in [3.05, 3.63) is 78.6 Å². The molecular weight excluding hydrogens is 404 g/mol. The second-order valence-electron chi connectivity index (χ2n) is 8.48. The fraction of sp³-hybridized carbons (Fsp3) is 0.240. The van der Waals surface area contributed by atoms with Crippen LogP contribution in [0, 0.1) is 0 Å². The molecule has 0 spiro atoms. The first kappa shape index (κ1) is 21.4. The normalized spacial score (nSPS) is 11.4. The molecule has 0 saturated heterocycles. The molecule has 0 radical (unpaired) electrons. The number of rotatable bonds is 5. The van der Waals surface area contributed by atoms with Crippen LogP contribution in [0.5, 0.6) is 5.75 Å². The van der Waals surface area contributed by atoms with Crippen LogP contribution in [0.3, 0.4) is 0 Å². The van der Waals surface area contributed by atoms with Gasteiger partial charge in [0.2, 0.25) is 0 Å². The third-order valence-electron chi connectivity index (χ3n) is 4.82. The minimum absolute atomic E-state index is 0.453. The lowest BCUT2D eigenvalue weighted by Gasteiger charge is -2.20. The van der Waals surface area contributed by atoms with E-state index in [0.717, 1.165) is 22.4 Å². The number of hydrogen-bond acceptors (Lipinski definition) is 5. The van der Waals surface area contributed by atoms with Gasteiger partial charge < -0.3 is 9.47 Å². The van der Waals surface area contributed by atoms with Crippen molar-refractivity contribution in [1.82, 2.24) is 19.6 Å². The number of methoxy groups -OCH3 is 1. The molecule has 0 saturated carbocycles. The molecule has 0 amide bonds. The highest BCUT2D eigenvalue weighted by molar-refractivity contribution is 5.82. The second kappa shape index (κ2) is 8.70. The van der Waals surface area contributed by atoms with Crippen LogP contribution in [0.2, 0.25) is 0 Å². The summed E-state index contributed by atoms with van der Waals surface area (Å²) in [5, 5.41) is 8.57. The van der Waals surface area contributed by atoms with Crippen LogP contribution in [0.4, 0.5) is 4.79 Å². The van der Waals surface area contributed by atoms with Crippen molar-refractivity contribution < 1.29 is 14.3 Å². The molecular formula is C25H26N4O3. The van der Waals surface area contributed by atoms with Crippen LogP contribution in [-0.4, -0.2) is 38.4 Å². The third-order valence-corrected chi connectivity index (χ3v) is 4.82. The maximum Gasteiger partial charge on any atom is 0.419 e. The molecule has 0 unspecified atom stereocenters. The van der Waals surface area contributed by atoms with Crippen LogP contribution < -0.4 is 4.74 Å². The summed E-state index contributed by atoms with van der Waals surface area (Å²) in [6, 6.07) is 19.5. The number of carbonyl (C=O) groups excluding carboxylic acids is 1. The third kappa shape index (κ3) is 4.88. The van der Waals surface area contributed by atoms with Gasteiger partial charge in [0.15, 0.2) is 0 Å². The van der Waals surface area contributed by atoms with Gasteiger partial charge >= 0.3 is 6.09 Å². The van der Waals surface area contributed by atoms with E-state index >= 15 is 0 Å². The molecule has 0 bridgehead atoms. The van der Waals surface area contributed by atoms with Gasteiger partial charge in [0.25, 0.3) is 0 Å². The predicted molar refractivity (Wildman–Crippen MR) is 123 cm³/mol. The molecule has 4 rings (SSSR count). The minimum Gasteiger partial charge on any atom is -0.497 e. The van der Waals surface area contributed by atoms with Crippen molar-refractivity contribution in [2.45, 2.75) is 32.9 Å². The van der Waals surface area contributed by atoms with E-state index in [1.165, 1.54) is 4.57 Å². The van der Waals surface area contributed by atoms with Gasteiger partial charge in [0.1, 0.15) is 17.0 Å². The SMILES string of the molecule is COc1ccc(-c2cc(-c3cn(Cc4ccccc4)nn3)cn2C(=O)OC(C)(C)C)cc1. The molecule has 2 aromatic heterocycles. The summed E-state index contributed by atoms with van der Waals surface area (Å²) in [6.07, 6.45) is 3.16. The summed E-state index contributed by atoms with van der Waals surface area (Å²) >= 11 is 0. The van der Waals surface area contributed by atoms with Gasteiger partial charge in [-0.15, -0.1) is 5.10 Å². The Kier molecular flexibility index (Phi) is 5.81. The van der Waals surface area contributed by atoms with E-state index in [4.69, 9.17) is 9.47 Å². The Morgan fingerprint density at radius 2 is 1.69 bits per heavy atom. The molecule has 0 aliphatic heterocycles. The van der Waals surface area contributed by atoms with Crippen molar-refractivity contribution in [1.29, 1.82) is 0 Å².